The monoisotopic (exact) mass is 349 g/mol. The Bertz CT molecular complexity index is 859. The van der Waals surface area contributed by atoms with Crippen molar-refractivity contribution < 1.29 is 9.59 Å². The number of aliphatic imine (C=N–C) groups is 1. The number of hydrogen-bond acceptors (Lipinski definition) is 4. The van der Waals surface area contributed by atoms with Crippen LogP contribution < -0.4 is 0 Å². The fourth-order valence-corrected chi connectivity index (χ4v) is 4.73. The number of hydrogen-bond donors (Lipinski definition) is 0. The highest BCUT2D eigenvalue weighted by molar-refractivity contribution is 8.13. The Labute approximate surface area is 151 Å². The summed E-state index contributed by atoms with van der Waals surface area (Å²) in [5.74, 6) is 0.105. The number of fused-ring (bicyclic) bond motifs is 3. The molecule has 3 atom stereocenters. The van der Waals surface area contributed by atoms with E-state index in [0.717, 1.165) is 28.2 Å². The second-order valence-electron chi connectivity index (χ2n) is 6.41. The highest BCUT2D eigenvalue weighted by atomic mass is 32.2. The Morgan fingerprint density at radius 2 is 1.76 bits per heavy atom. The van der Waals surface area contributed by atoms with E-state index in [1.165, 1.54) is 11.8 Å². The van der Waals surface area contributed by atoms with Crippen LogP contribution in [-0.4, -0.2) is 28.9 Å². The third-order valence-electron chi connectivity index (χ3n) is 5.07. The molecule has 3 nitrogen and oxygen atoms in total. The third kappa shape index (κ3) is 2.65. The van der Waals surface area contributed by atoms with Crippen LogP contribution in [0.5, 0.6) is 0 Å². The molecule has 0 saturated heterocycles. The second-order valence-corrected chi connectivity index (χ2v) is 7.68. The number of Topliss-reactive ketones (excluding diaryl/α,β-unsaturated/α-hetero) is 1. The fraction of sp³-hybridized carbons (Fsp3) is 0.286. The average molecular weight is 349 g/mol. The molecule has 0 saturated carbocycles. The van der Waals surface area contributed by atoms with Crippen LogP contribution >= 0.6 is 11.8 Å². The summed E-state index contributed by atoms with van der Waals surface area (Å²) >= 11 is 1.34. The first kappa shape index (κ1) is 16.3. The Kier molecular flexibility index (Phi) is 4.30. The molecule has 1 aliphatic carbocycles. The minimum absolute atomic E-state index is 0.0993. The summed E-state index contributed by atoms with van der Waals surface area (Å²) in [6.07, 6.45) is 0. The zero-order valence-corrected chi connectivity index (χ0v) is 14.8. The van der Waals surface area contributed by atoms with E-state index in [0.29, 0.717) is 6.54 Å². The zero-order chi connectivity index (χ0) is 17.4. The Balaban J connectivity index is 1.83. The maximum absolute atomic E-state index is 13.1. The van der Waals surface area contributed by atoms with Crippen LogP contribution in [0.4, 0.5) is 0 Å². The maximum Gasteiger partial charge on any atom is 0.194 e. The predicted octanol–water partition coefficient (Wildman–Crippen LogP) is 3.98. The summed E-state index contributed by atoms with van der Waals surface area (Å²) in [5.41, 5.74) is 3.59. The van der Waals surface area contributed by atoms with Crippen molar-refractivity contribution in [2.24, 2.45) is 16.8 Å². The highest BCUT2D eigenvalue weighted by Crippen LogP contribution is 2.45. The van der Waals surface area contributed by atoms with Crippen LogP contribution in [0.1, 0.15) is 34.3 Å². The minimum atomic E-state index is -0.347. The lowest BCUT2D eigenvalue weighted by Crippen LogP contribution is -2.38. The van der Waals surface area contributed by atoms with Gasteiger partial charge in [-0.25, -0.2) is 0 Å². The van der Waals surface area contributed by atoms with E-state index in [9.17, 15) is 9.59 Å². The summed E-state index contributed by atoms with van der Waals surface area (Å²) in [6, 6.07) is 17.6. The van der Waals surface area contributed by atoms with E-state index in [1.54, 1.807) is 0 Å². The highest BCUT2D eigenvalue weighted by Gasteiger charge is 2.48. The van der Waals surface area contributed by atoms with Gasteiger partial charge in [0.05, 0.1) is 24.1 Å². The summed E-state index contributed by atoms with van der Waals surface area (Å²) in [7, 11) is 0. The van der Waals surface area contributed by atoms with Crippen molar-refractivity contribution in [2.45, 2.75) is 12.8 Å². The lowest BCUT2D eigenvalue weighted by Gasteiger charge is -2.33. The van der Waals surface area contributed by atoms with Crippen molar-refractivity contribution in [3.63, 3.8) is 0 Å². The largest absolute Gasteiger partial charge is 0.293 e. The average Bonchev–Trinajstić information content (AvgIpc) is 2.95. The van der Waals surface area contributed by atoms with Crippen LogP contribution in [0, 0.1) is 11.8 Å². The molecule has 1 aliphatic heterocycles. The van der Waals surface area contributed by atoms with E-state index < -0.39 is 0 Å². The van der Waals surface area contributed by atoms with Gasteiger partial charge in [-0.1, -0.05) is 73.3 Å². The molecule has 0 bridgehead atoms. The van der Waals surface area contributed by atoms with Gasteiger partial charge < -0.3 is 0 Å². The van der Waals surface area contributed by atoms with Gasteiger partial charge in [-0.2, -0.15) is 0 Å². The quantitative estimate of drug-likeness (QED) is 0.842. The molecule has 2 aromatic carbocycles. The van der Waals surface area contributed by atoms with Crippen LogP contribution in [0.3, 0.4) is 0 Å². The molecule has 0 radical (unpaired) electrons. The van der Waals surface area contributed by atoms with Gasteiger partial charge in [0.2, 0.25) is 0 Å². The number of carbonyl (C=O) groups excluding carboxylic acids is 2. The van der Waals surface area contributed by atoms with Gasteiger partial charge in [0, 0.05) is 17.0 Å². The summed E-state index contributed by atoms with van der Waals surface area (Å²) < 4.78 is 0. The molecule has 0 spiro atoms. The smallest absolute Gasteiger partial charge is 0.194 e. The lowest BCUT2D eigenvalue weighted by atomic mass is 9.73. The van der Waals surface area contributed by atoms with Crippen LogP contribution in [0.15, 0.2) is 59.6 Å². The summed E-state index contributed by atoms with van der Waals surface area (Å²) in [6.45, 7) is 2.44. The summed E-state index contributed by atoms with van der Waals surface area (Å²) in [5, 5.41) is 0.142. The molecular weight excluding hydrogens is 330 g/mol. The molecule has 2 aromatic rings. The molecule has 126 valence electrons. The van der Waals surface area contributed by atoms with Gasteiger partial charge in [-0.05, 0) is 11.3 Å². The van der Waals surface area contributed by atoms with E-state index in [-0.39, 0.29) is 28.7 Å². The van der Waals surface area contributed by atoms with Gasteiger partial charge in [0.1, 0.15) is 0 Å². The van der Waals surface area contributed by atoms with Gasteiger partial charge in [0.15, 0.2) is 10.9 Å². The Morgan fingerprint density at radius 3 is 2.48 bits per heavy atom. The normalized spacial score (nSPS) is 24.4. The van der Waals surface area contributed by atoms with Gasteiger partial charge in [-0.15, -0.1) is 0 Å². The molecule has 1 heterocycles. The van der Waals surface area contributed by atoms with E-state index in [1.807, 2.05) is 61.5 Å². The van der Waals surface area contributed by atoms with Gasteiger partial charge in [0.25, 0.3) is 0 Å². The van der Waals surface area contributed by atoms with Crippen LogP contribution in [-0.2, 0) is 4.79 Å². The van der Waals surface area contributed by atoms with Crippen LogP contribution in [0.2, 0.25) is 0 Å². The summed E-state index contributed by atoms with van der Waals surface area (Å²) in [4.78, 5) is 30.6. The van der Waals surface area contributed by atoms with Crippen LogP contribution in [0.25, 0.3) is 0 Å². The molecular formula is C21H19NO2S. The first-order chi connectivity index (χ1) is 12.2. The van der Waals surface area contributed by atoms with E-state index >= 15 is 0 Å². The molecule has 4 rings (SSSR count). The number of ketones is 1. The van der Waals surface area contributed by atoms with Crippen molar-refractivity contribution in [3.8, 4) is 0 Å². The fourth-order valence-electron chi connectivity index (χ4n) is 4.01. The van der Waals surface area contributed by atoms with Gasteiger partial charge in [-0.3, -0.25) is 14.6 Å². The molecule has 0 fully saturated rings. The maximum atomic E-state index is 13.1. The number of nitrogens with zero attached hydrogens (tertiary/aromatic N) is 1. The minimum Gasteiger partial charge on any atom is -0.293 e. The standard InChI is InChI=1S/C21H19NO2S/c1-2-25-21(24)16-12-22-19-14-10-6-7-11-15(14)20(23)18(19)17(16)13-8-4-3-5-9-13/h3-11,16-18H,2,12H2,1H3/t16-,17-,18?/m0/s1. The number of rotatable bonds is 3. The number of carbonyl (C=O) groups is 2. The van der Waals surface area contributed by atoms with Crippen molar-refractivity contribution >= 4 is 28.4 Å². The second kappa shape index (κ2) is 6.60. The molecule has 4 heteroatoms. The zero-order valence-electron chi connectivity index (χ0n) is 14.0. The predicted molar refractivity (Wildman–Crippen MR) is 101 cm³/mol. The van der Waals surface area contributed by atoms with Crippen molar-refractivity contribution in [1.29, 1.82) is 0 Å². The molecule has 0 N–H and O–H groups in total. The van der Waals surface area contributed by atoms with E-state index in [4.69, 9.17) is 4.99 Å². The van der Waals surface area contributed by atoms with Gasteiger partial charge >= 0.3 is 0 Å². The van der Waals surface area contributed by atoms with Crippen molar-refractivity contribution in [3.05, 3.63) is 71.3 Å². The Morgan fingerprint density at radius 1 is 1.08 bits per heavy atom. The number of benzene rings is 2. The molecule has 25 heavy (non-hydrogen) atoms. The molecule has 2 aliphatic rings. The third-order valence-corrected chi connectivity index (χ3v) is 5.95. The first-order valence-electron chi connectivity index (χ1n) is 8.62. The first-order valence-corrected chi connectivity index (χ1v) is 9.60. The van der Waals surface area contributed by atoms with Crippen molar-refractivity contribution in [1.82, 2.24) is 0 Å². The SMILES string of the molecule is CCSC(=O)[C@H]1CN=C2c3ccccc3C(=O)C2[C@H]1c1ccccc1. The topological polar surface area (TPSA) is 46.5 Å². The molecule has 1 unspecified atom stereocenters. The molecule has 0 aromatic heterocycles. The lowest BCUT2D eigenvalue weighted by molar-refractivity contribution is -0.115. The Hall–Kier alpha value is -2.20. The van der Waals surface area contributed by atoms with Crippen molar-refractivity contribution in [2.75, 3.05) is 12.3 Å². The molecule has 0 amide bonds. The van der Waals surface area contributed by atoms with E-state index in [2.05, 4.69) is 0 Å². The number of thioether (sulfide) groups is 1.